The summed E-state index contributed by atoms with van der Waals surface area (Å²) in [5.41, 5.74) is -0.292. The number of hydrogen-bond donors (Lipinski definition) is 3. The number of nitrogens with zero attached hydrogens (tertiary/aromatic N) is 2. The van der Waals surface area contributed by atoms with Gasteiger partial charge in [0.2, 0.25) is 0 Å². The molecule has 0 fully saturated rings. The van der Waals surface area contributed by atoms with Gasteiger partial charge in [0.15, 0.2) is 0 Å². The largest absolute Gasteiger partial charge is 0.390 e. The van der Waals surface area contributed by atoms with Crippen LogP contribution in [-0.2, 0) is 5.41 Å². The number of aliphatic hydroxyl groups is 1. The van der Waals surface area contributed by atoms with Crippen LogP contribution in [0.15, 0.2) is 6.07 Å². The molecule has 0 amide bonds. The average Bonchev–Trinajstić information content (AvgIpc) is 2.42. The number of aliphatic hydroxyl groups excluding tert-OH is 1. The number of halogens is 2. The predicted molar refractivity (Wildman–Crippen MR) is 80.0 cm³/mol. The fourth-order valence-corrected chi connectivity index (χ4v) is 1.49. The van der Waals surface area contributed by atoms with E-state index in [1.54, 1.807) is 6.07 Å². The lowest BCUT2D eigenvalue weighted by molar-refractivity contribution is -0.0373. The topological polar surface area (TPSA) is 70.1 Å². The number of aromatic nitrogens is 2. The molecule has 0 saturated heterocycles. The Hall–Kier alpha value is -1.50. The second kappa shape index (κ2) is 6.98. The molecular weight excluding hydrogens is 278 g/mol. The number of alkyl halides is 2. The molecule has 0 aliphatic rings. The third-order valence-corrected chi connectivity index (χ3v) is 2.71. The second-order valence-corrected chi connectivity index (χ2v) is 6.01. The number of hydrogen-bond acceptors (Lipinski definition) is 5. The Morgan fingerprint density at radius 1 is 1.14 bits per heavy atom. The zero-order chi connectivity index (χ0) is 16.1. The van der Waals surface area contributed by atoms with E-state index in [1.165, 1.54) is 0 Å². The Bertz CT molecular complexity index is 461. The molecular formula is C14H24F2N4O. The SMILES string of the molecule is CCCNc1cc(NCC(F)(F)CO)nc(C(C)(C)C)n1. The first-order valence-corrected chi connectivity index (χ1v) is 7.04. The van der Waals surface area contributed by atoms with Gasteiger partial charge in [0.1, 0.15) is 24.1 Å². The average molecular weight is 302 g/mol. The molecule has 0 aliphatic carbocycles. The van der Waals surface area contributed by atoms with Gasteiger partial charge in [-0.05, 0) is 6.42 Å². The van der Waals surface area contributed by atoms with Crippen LogP contribution in [0, 0.1) is 0 Å². The van der Waals surface area contributed by atoms with E-state index in [4.69, 9.17) is 5.11 Å². The van der Waals surface area contributed by atoms with Crippen LogP contribution in [0.25, 0.3) is 0 Å². The molecule has 0 saturated carbocycles. The van der Waals surface area contributed by atoms with Crippen LogP contribution in [0.2, 0.25) is 0 Å². The molecule has 0 atom stereocenters. The van der Waals surface area contributed by atoms with Crippen LogP contribution in [0.3, 0.4) is 0 Å². The molecule has 120 valence electrons. The van der Waals surface area contributed by atoms with Gasteiger partial charge in [0.05, 0.1) is 6.54 Å². The van der Waals surface area contributed by atoms with Crippen molar-refractivity contribution < 1.29 is 13.9 Å². The molecule has 0 unspecified atom stereocenters. The highest BCUT2D eigenvalue weighted by atomic mass is 19.3. The molecule has 1 aromatic heterocycles. The lowest BCUT2D eigenvalue weighted by Gasteiger charge is -2.20. The zero-order valence-electron chi connectivity index (χ0n) is 13.0. The lowest BCUT2D eigenvalue weighted by Crippen LogP contribution is -2.31. The summed E-state index contributed by atoms with van der Waals surface area (Å²) in [5.74, 6) is -1.68. The summed E-state index contributed by atoms with van der Waals surface area (Å²) < 4.78 is 26.2. The Morgan fingerprint density at radius 2 is 1.71 bits per heavy atom. The van der Waals surface area contributed by atoms with Gasteiger partial charge in [-0.15, -0.1) is 0 Å². The van der Waals surface area contributed by atoms with Crippen LogP contribution in [0.4, 0.5) is 20.4 Å². The molecule has 7 heteroatoms. The van der Waals surface area contributed by atoms with E-state index in [-0.39, 0.29) is 5.41 Å². The fraction of sp³-hybridized carbons (Fsp3) is 0.714. The normalized spacial score (nSPS) is 12.3. The first kappa shape index (κ1) is 17.6. The van der Waals surface area contributed by atoms with E-state index < -0.39 is 19.1 Å². The van der Waals surface area contributed by atoms with Gasteiger partial charge in [-0.3, -0.25) is 0 Å². The van der Waals surface area contributed by atoms with Crippen molar-refractivity contribution in [2.45, 2.75) is 45.5 Å². The van der Waals surface area contributed by atoms with Crippen molar-refractivity contribution in [2.24, 2.45) is 0 Å². The summed E-state index contributed by atoms with van der Waals surface area (Å²) in [6.07, 6.45) is 0.931. The number of nitrogens with one attached hydrogen (secondary N) is 2. The fourth-order valence-electron chi connectivity index (χ4n) is 1.49. The van der Waals surface area contributed by atoms with Crippen LogP contribution in [0.1, 0.15) is 39.9 Å². The quantitative estimate of drug-likeness (QED) is 0.722. The van der Waals surface area contributed by atoms with Gasteiger partial charge in [-0.2, -0.15) is 0 Å². The highest BCUT2D eigenvalue weighted by Gasteiger charge is 2.28. The molecule has 1 aromatic rings. The highest BCUT2D eigenvalue weighted by Crippen LogP contribution is 2.23. The first-order chi connectivity index (χ1) is 9.68. The standard InChI is InChI=1S/C14H24F2N4O/c1-5-6-17-10-7-11(18-8-14(15,16)9-21)20-12(19-10)13(2,3)4/h7,21H,5-6,8-9H2,1-4H3,(H2,17,18,19,20). The smallest absolute Gasteiger partial charge is 0.287 e. The maximum absolute atomic E-state index is 13.1. The van der Waals surface area contributed by atoms with Gasteiger partial charge in [-0.1, -0.05) is 27.7 Å². The first-order valence-electron chi connectivity index (χ1n) is 7.04. The molecule has 21 heavy (non-hydrogen) atoms. The van der Waals surface area contributed by atoms with E-state index >= 15 is 0 Å². The zero-order valence-corrected chi connectivity index (χ0v) is 13.0. The minimum atomic E-state index is -3.18. The van der Waals surface area contributed by atoms with Crippen LogP contribution in [0.5, 0.6) is 0 Å². The molecule has 5 nitrogen and oxygen atoms in total. The Balaban J connectivity index is 2.96. The highest BCUT2D eigenvalue weighted by molar-refractivity contribution is 5.48. The minimum absolute atomic E-state index is 0.292. The molecule has 1 heterocycles. The molecule has 0 radical (unpaired) electrons. The Labute approximate surface area is 124 Å². The maximum Gasteiger partial charge on any atom is 0.287 e. The molecule has 0 aromatic carbocycles. The predicted octanol–water partition coefficient (Wildman–Crippen LogP) is 2.64. The van der Waals surface area contributed by atoms with Gasteiger partial charge in [0, 0.05) is 18.0 Å². The molecule has 0 bridgehead atoms. The monoisotopic (exact) mass is 302 g/mol. The maximum atomic E-state index is 13.1. The molecule has 3 N–H and O–H groups in total. The van der Waals surface area contributed by atoms with Gasteiger partial charge < -0.3 is 15.7 Å². The van der Waals surface area contributed by atoms with Crippen LogP contribution < -0.4 is 10.6 Å². The summed E-state index contributed by atoms with van der Waals surface area (Å²) in [4.78, 5) is 8.68. The van der Waals surface area contributed by atoms with E-state index in [0.717, 1.165) is 13.0 Å². The minimum Gasteiger partial charge on any atom is -0.390 e. The van der Waals surface area contributed by atoms with Crippen molar-refractivity contribution >= 4 is 11.6 Å². The van der Waals surface area contributed by atoms with Gasteiger partial charge in [-0.25, -0.2) is 18.7 Å². The summed E-state index contributed by atoms with van der Waals surface area (Å²) in [5, 5.41) is 14.3. The van der Waals surface area contributed by atoms with Crippen LogP contribution >= 0.6 is 0 Å². The van der Waals surface area contributed by atoms with Crippen molar-refractivity contribution in [1.82, 2.24) is 9.97 Å². The van der Waals surface area contributed by atoms with E-state index in [1.807, 2.05) is 27.7 Å². The van der Waals surface area contributed by atoms with E-state index in [0.29, 0.717) is 17.5 Å². The van der Waals surface area contributed by atoms with Crippen molar-refractivity contribution in [1.29, 1.82) is 0 Å². The van der Waals surface area contributed by atoms with E-state index in [9.17, 15) is 8.78 Å². The van der Waals surface area contributed by atoms with E-state index in [2.05, 4.69) is 20.6 Å². The molecule has 1 rings (SSSR count). The second-order valence-electron chi connectivity index (χ2n) is 6.01. The van der Waals surface area contributed by atoms with Crippen molar-refractivity contribution in [3.05, 3.63) is 11.9 Å². The van der Waals surface area contributed by atoms with Crippen LogP contribution in [-0.4, -0.2) is 40.7 Å². The third-order valence-electron chi connectivity index (χ3n) is 2.71. The Morgan fingerprint density at radius 3 is 2.19 bits per heavy atom. The van der Waals surface area contributed by atoms with Gasteiger partial charge >= 0.3 is 0 Å². The van der Waals surface area contributed by atoms with Crippen molar-refractivity contribution in [2.75, 3.05) is 30.3 Å². The lowest BCUT2D eigenvalue weighted by atomic mass is 9.96. The summed E-state index contributed by atoms with van der Waals surface area (Å²) >= 11 is 0. The molecule has 0 aliphatic heterocycles. The Kier molecular flexibility index (Phi) is 5.83. The summed E-state index contributed by atoms with van der Waals surface area (Å²) in [7, 11) is 0. The molecule has 0 spiro atoms. The third kappa shape index (κ3) is 5.79. The van der Waals surface area contributed by atoms with Crippen molar-refractivity contribution in [3.8, 4) is 0 Å². The van der Waals surface area contributed by atoms with Crippen molar-refractivity contribution in [3.63, 3.8) is 0 Å². The summed E-state index contributed by atoms with van der Waals surface area (Å²) in [6.45, 7) is 6.77. The summed E-state index contributed by atoms with van der Waals surface area (Å²) in [6, 6.07) is 1.60. The number of rotatable bonds is 7. The number of anilines is 2. The van der Waals surface area contributed by atoms with Gasteiger partial charge in [0.25, 0.3) is 5.92 Å².